The molecule has 1 aromatic carbocycles. The number of carbonyl (C=O) groups excluding carboxylic acids is 2. The smallest absolute Gasteiger partial charge is 0.426 e. The average molecular weight is 436 g/mol. The Kier molecular flexibility index (Phi) is 7.66. The summed E-state index contributed by atoms with van der Waals surface area (Å²) in [4.78, 5) is 27.8. The highest BCUT2D eigenvalue weighted by Gasteiger charge is 2.38. The van der Waals surface area contributed by atoms with E-state index in [2.05, 4.69) is 10.6 Å². The molecule has 3 rings (SSSR count). The normalized spacial score (nSPS) is 20.3. The molecule has 30 heavy (non-hydrogen) atoms. The van der Waals surface area contributed by atoms with Gasteiger partial charge >= 0.3 is 7.12 Å². The Hall–Kier alpha value is -1.77. The summed E-state index contributed by atoms with van der Waals surface area (Å²) < 4.78 is 0. The maximum atomic E-state index is 12.9. The van der Waals surface area contributed by atoms with E-state index in [-0.39, 0.29) is 23.8 Å². The Bertz CT molecular complexity index is 760. The molecule has 3 unspecified atom stereocenters. The standard InChI is InChI=1S/C21H31BClN3O4/c1-13(2)10-19(22(29)30)25-20(27)17(11-14-6-7-14)24-21(28)18-8-9-26(18)16-5-3-4-15(23)12-16/h3-5,12-14,17-19,29-30H,6-11H2,1-2H3,(H,24,28)(H,25,27). The summed E-state index contributed by atoms with van der Waals surface area (Å²) in [5.41, 5.74) is 0.887. The van der Waals surface area contributed by atoms with Crippen LogP contribution in [0.4, 0.5) is 5.69 Å². The van der Waals surface area contributed by atoms with E-state index in [1.165, 1.54) is 0 Å². The molecule has 4 N–H and O–H groups in total. The van der Waals surface area contributed by atoms with Crippen molar-refractivity contribution in [1.29, 1.82) is 0 Å². The first-order valence-electron chi connectivity index (χ1n) is 10.7. The van der Waals surface area contributed by atoms with Crippen LogP contribution in [0.5, 0.6) is 0 Å². The Morgan fingerprint density at radius 3 is 2.50 bits per heavy atom. The molecule has 2 fully saturated rings. The van der Waals surface area contributed by atoms with Gasteiger partial charge in [0.1, 0.15) is 12.1 Å². The Morgan fingerprint density at radius 2 is 1.97 bits per heavy atom. The van der Waals surface area contributed by atoms with Crippen molar-refractivity contribution in [2.75, 3.05) is 11.4 Å². The second-order valence-corrected chi connectivity index (χ2v) is 9.31. The molecule has 0 aromatic heterocycles. The van der Waals surface area contributed by atoms with Crippen molar-refractivity contribution < 1.29 is 19.6 Å². The van der Waals surface area contributed by atoms with Gasteiger partial charge in [-0.1, -0.05) is 44.4 Å². The average Bonchev–Trinajstić information content (AvgIpc) is 3.43. The molecular weight excluding hydrogens is 405 g/mol. The number of halogens is 1. The molecule has 1 saturated heterocycles. The molecule has 1 aliphatic heterocycles. The topological polar surface area (TPSA) is 102 Å². The Balaban J connectivity index is 1.63. The highest BCUT2D eigenvalue weighted by atomic mass is 35.5. The SMILES string of the molecule is CC(C)CC(NC(=O)C(CC1CC1)NC(=O)C1CCN1c1cccc(Cl)c1)B(O)O. The zero-order chi connectivity index (χ0) is 21.8. The fourth-order valence-electron chi connectivity index (χ4n) is 3.86. The Morgan fingerprint density at radius 1 is 1.23 bits per heavy atom. The van der Waals surface area contributed by atoms with Gasteiger partial charge in [-0.25, -0.2) is 0 Å². The maximum Gasteiger partial charge on any atom is 0.475 e. The fourth-order valence-corrected chi connectivity index (χ4v) is 4.04. The molecule has 2 amide bonds. The number of amides is 2. The third kappa shape index (κ3) is 6.12. The zero-order valence-corrected chi connectivity index (χ0v) is 18.3. The largest absolute Gasteiger partial charge is 0.475 e. The van der Waals surface area contributed by atoms with Gasteiger partial charge in [0.2, 0.25) is 11.8 Å². The van der Waals surface area contributed by atoms with Crippen LogP contribution in [0.25, 0.3) is 0 Å². The molecule has 1 saturated carbocycles. The van der Waals surface area contributed by atoms with Gasteiger partial charge in [-0.05, 0) is 49.3 Å². The van der Waals surface area contributed by atoms with Gasteiger partial charge < -0.3 is 25.6 Å². The van der Waals surface area contributed by atoms with Gasteiger partial charge in [-0.3, -0.25) is 9.59 Å². The first kappa shape index (κ1) is 22.9. The first-order valence-corrected chi connectivity index (χ1v) is 11.1. The molecule has 0 spiro atoms. The first-order chi connectivity index (χ1) is 14.2. The van der Waals surface area contributed by atoms with Crippen LogP contribution < -0.4 is 15.5 Å². The quantitative estimate of drug-likeness (QED) is 0.419. The minimum absolute atomic E-state index is 0.188. The molecular formula is C21H31BClN3O4. The molecule has 3 atom stereocenters. The highest BCUT2D eigenvalue weighted by molar-refractivity contribution is 6.43. The molecule has 164 valence electrons. The molecule has 7 nitrogen and oxygen atoms in total. The summed E-state index contributed by atoms with van der Waals surface area (Å²) in [6.07, 6.45) is 3.82. The molecule has 9 heteroatoms. The molecule has 0 radical (unpaired) electrons. The number of anilines is 1. The van der Waals surface area contributed by atoms with E-state index in [9.17, 15) is 19.6 Å². The van der Waals surface area contributed by atoms with E-state index in [0.717, 1.165) is 25.1 Å². The minimum atomic E-state index is -1.64. The number of carbonyl (C=O) groups is 2. The number of nitrogens with zero attached hydrogens (tertiary/aromatic N) is 1. The summed E-state index contributed by atoms with van der Waals surface area (Å²) in [6.45, 7) is 4.66. The van der Waals surface area contributed by atoms with Crippen molar-refractivity contribution in [3.8, 4) is 0 Å². The van der Waals surface area contributed by atoms with Crippen molar-refractivity contribution in [3.63, 3.8) is 0 Å². The van der Waals surface area contributed by atoms with Crippen molar-refractivity contribution in [2.45, 2.75) is 64.0 Å². The molecule has 1 aromatic rings. The van der Waals surface area contributed by atoms with Gasteiger partial charge in [0, 0.05) is 17.3 Å². The predicted octanol–water partition coefficient (Wildman–Crippen LogP) is 1.75. The van der Waals surface area contributed by atoms with E-state index >= 15 is 0 Å². The molecule has 2 aliphatic rings. The predicted molar refractivity (Wildman–Crippen MR) is 118 cm³/mol. The van der Waals surface area contributed by atoms with Gasteiger partial charge in [0.15, 0.2) is 0 Å². The van der Waals surface area contributed by atoms with Crippen molar-refractivity contribution in [1.82, 2.24) is 10.6 Å². The number of hydrogen-bond donors (Lipinski definition) is 4. The van der Waals surface area contributed by atoms with E-state index in [1.807, 2.05) is 36.9 Å². The van der Waals surface area contributed by atoms with Crippen LogP contribution in [0.3, 0.4) is 0 Å². The maximum absolute atomic E-state index is 12.9. The monoisotopic (exact) mass is 435 g/mol. The summed E-state index contributed by atoms with van der Waals surface area (Å²) in [5, 5.41) is 25.5. The molecule has 0 bridgehead atoms. The third-order valence-corrected chi connectivity index (χ3v) is 6.01. The van der Waals surface area contributed by atoms with E-state index < -0.39 is 19.1 Å². The lowest BCUT2D eigenvalue weighted by molar-refractivity contribution is -0.130. The number of rotatable bonds is 10. The van der Waals surface area contributed by atoms with Crippen molar-refractivity contribution in [2.24, 2.45) is 11.8 Å². The van der Waals surface area contributed by atoms with Crippen LogP contribution in [-0.2, 0) is 9.59 Å². The second-order valence-electron chi connectivity index (χ2n) is 8.88. The summed E-state index contributed by atoms with van der Waals surface area (Å²) in [5.74, 6) is -0.693. The summed E-state index contributed by atoms with van der Waals surface area (Å²) in [6, 6.07) is 6.36. The van der Waals surface area contributed by atoms with Gasteiger partial charge in [-0.15, -0.1) is 0 Å². The van der Waals surface area contributed by atoms with Crippen LogP contribution in [-0.4, -0.2) is 53.6 Å². The summed E-state index contributed by atoms with van der Waals surface area (Å²) >= 11 is 6.08. The Labute approximate surface area is 183 Å². The van der Waals surface area contributed by atoms with E-state index in [1.54, 1.807) is 6.07 Å². The fraction of sp³-hybridized carbons (Fsp3) is 0.619. The van der Waals surface area contributed by atoms with Crippen molar-refractivity contribution >= 4 is 36.2 Å². The van der Waals surface area contributed by atoms with Gasteiger partial charge in [0.25, 0.3) is 0 Å². The van der Waals surface area contributed by atoms with E-state index in [0.29, 0.717) is 30.2 Å². The number of nitrogens with one attached hydrogen (secondary N) is 2. The lowest BCUT2D eigenvalue weighted by Crippen LogP contribution is -2.61. The number of benzene rings is 1. The van der Waals surface area contributed by atoms with Crippen LogP contribution in [0.15, 0.2) is 24.3 Å². The van der Waals surface area contributed by atoms with Crippen molar-refractivity contribution in [3.05, 3.63) is 29.3 Å². The lowest BCUT2D eigenvalue weighted by atomic mass is 9.75. The lowest BCUT2D eigenvalue weighted by Gasteiger charge is -2.42. The van der Waals surface area contributed by atoms with Crippen LogP contribution >= 0.6 is 11.6 Å². The molecule has 1 heterocycles. The molecule has 1 aliphatic carbocycles. The van der Waals surface area contributed by atoms with E-state index in [4.69, 9.17) is 11.6 Å². The zero-order valence-electron chi connectivity index (χ0n) is 17.6. The minimum Gasteiger partial charge on any atom is -0.426 e. The third-order valence-electron chi connectivity index (χ3n) is 5.77. The van der Waals surface area contributed by atoms with Crippen LogP contribution in [0.2, 0.25) is 5.02 Å². The van der Waals surface area contributed by atoms with Crippen LogP contribution in [0, 0.1) is 11.8 Å². The second kappa shape index (κ2) is 10.0. The summed E-state index contributed by atoms with van der Waals surface area (Å²) in [7, 11) is -1.64. The van der Waals surface area contributed by atoms with Gasteiger partial charge in [0.05, 0.1) is 5.94 Å². The van der Waals surface area contributed by atoms with Crippen LogP contribution in [0.1, 0.15) is 46.0 Å². The van der Waals surface area contributed by atoms with Gasteiger partial charge in [-0.2, -0.15) is 0 Å². The highest BCUT2D eigenvalue weighted by Crippen LogP contribution is 2.34. The number of hydrogen-bond acceptors (Lipinski definition) is 5.